The Morgan fingerprint density at radius 3 is 2.66 bits per heavy atom. The lowest BCUT2D eigenvalue weighted by Crippen LogP contribution is -2.56. The molecule has 2 bridgehead atoms. The average molecular weight is 436 g/mol. The Kier molecular flexibility index (Phi) is 5.37. The van der Waals surface area contributed by atoms with Crippen molar-refractivity contribution in [3.05, 3.63) is 60.7 Å². The molecule has 3 aliphatic heterocycles. The van der Waals surface area contributed by atoms with Crippen molar-refractivity contribution in [3.8, 4) is 0 Å². The Labute approximate surface area is 187 Å². The lowest BCUT2D eigenvalue weighted by molar-refractivity contribution is -0.141. The third-order valence-electron chi connectivity index (χ3n) is 7.26. The van der Waals surface area contributed by atoms with Crippen molar-refractivity contribution in [2.45, 2.75) is 56.0 Å². The Balaban J connectivity index is 1.39. The molecule has 7 heteroatoms. The van der Waals surface area contributed by atoms with E-state index in [4.69, 9.17) is 4.74 Å². The first kappa shape index (κ1) is 20.9. The Hall–Kier alpha value is -2.93. The van der Waals surface area contributed by atoms with Gasteiger partial charge in [-0.15, -0.1) is 6.58 Å². The van der Waals surface area contributed by atoms with Crippen LogP contribution in [0.5, 0.6) is 0 Å². The number of hydrogen-bond donors (Lipinski definition) is 2. The third-order valence-corrected chi connectivity index (χ3v) is 7.26. The highest BCUT2D eigenvalue weighted by molar-refractivity contribution is 6.00. The first-order chi connectivity index (χ1) is 15.5. The monoisotopic (exact) mass is 435 g/mol. The van der Waals surface area contributed by atoms with Gasteiger partial charge in [0.1, 0.15) is 11.6 Å². The predicted molar refractivity (Wildman–Crippen MR) is 118 cm³/mol. The van der Waals surface area contributed by atoms with Crippen molar-refractivity contribution >= 4 is 17.7 Å². The topological polar surface area (TPSA) is 87.7 Å². The minimum atomic E-state index is -1.11. The average Bonchev–Trinajstić information content (AvgIpc) is 3.56. The maximum absolute atomic E-state index is 13.5. The van der Waals surface area contributed by atoms with Crippen LogP contribution in [0.3, 0.4) is 0 Å². The summed E-state index contributed by atoms with van der Waals surface area (Å²) >= 11 is 0. The van der Waals surface area contributed by atoms with Crippen LogP contribution in [0.15, 0.2) is 55.1 Å². The molecule has 3 fully saturated rings. The second-order valence-corrected chi connectivity index (χ2v) is 9.17. The molecular weight excluding hydrogens is 406 g/mol. The van der Waals surface area contributed by atoms with E-state index in [-0.39, 0.29) is 30.3 Å². The SMILES string of the molecule is C=CCN1C(=O)[C@H]2[C@@H](C(=O)NCc3ccccc3)[C@H]3C=C[C@@]2(O3)[C@@H]1C(=O)NC1CCCC1. The van der Waals surface area contributed by atoms with Crippen LogP contribution in [0.1, 0.15) is 31.2 Å². The van der Waals surface area contributed by atoms with Gasteiger partial charge in [-0.2, -0.15) is 0 Å². The van der Waals surface area contributed by atoms with Crippen molar-refractivity contribution in [1.82, 2.24) is 15.5 Å². The zero-order valence-electron chi connectivity index (χ0n) is 18.0. The van der Waals surface area contributed by atoms with E-state index in [1.165, 1.54) is 4.90 Å². The third kappa shape index (κ3) is 3.26. The van der Waals surface area contributed by atoms with Gasteiger partial charge in [0.05, 0.1) is 17.9 Å². The largest absolute Gasteiger partial charge is 0.359 e. The molecule has 1 aromatic carbocycles. The number of likely N-dealkylation sites (tertiary alicyclic amines) is 1. The summed E-state index contributed by atoms with van der Waals surface area (Å²) in [5.41, 5.74) is -0.127. The van der Waals surface area contributed by atoms with E-state index in [1.807, 2.05) is 42.5 Å². The van der Waals surface area contributed by atoms with Crippen LogP contribution >= 0.6 is 0 Å². The van der Waals surface area contributed by atoms with Gasteiger partial charge in [-0.05, 0) is 18.4 Å². The number of carbonyl (C=O) groups is 3. The Bertz CT molecular complexity index is 955. The number of amides is 3. The number of fused-ring (bicyclic) bond motifs is 1. The fourth-order valence-electron chi connectivity index (χ4n) is 5.86. The van der Waals surface area contributed by atoms with Gasteiger partial charge in [-0.25, -0.2) is 0 Å². The summed E-state index contributed by atoms with van der Waals surface area (Å²) < 4.78 is 6.29. The highest BCUT2D eigenvalue weighted by Gasteiger charge is 2.72. The lowest BCUT2D eigenvalue weighted by Gasteiger charge is -2.32. The summed E-state index contributed by atoms with van der Waals surface area (Å²) in [6.07, 6.45) is 8.88. The molecular formula is C25H29N3O4. The zero-order valence-corrected chi connectivity index (χ0v) is 18.0. The van der Waals surface area contributed by atoms with Crippen LogP contribution in [0.25, 0.3) is 0 Å². The smallest absolute Gasteiger partial charge is 0.246 e. The summed E-state index contributed by atoms with van der Waals surface area (Å²) in [6, 6.07) is 8.97. The van der Waals surface area contributed by atoms with E-state index >= 15 is 0 Å². The maximum atomic E-state index is 13.5. The summed E-state index contributed by atoms with van der Waals surface area (Å²) in [5, 5.41) is 6.09. The van der Waals surface area contributed by atoms with Crippen LogP contribution in [-0.4, -0.2) is 53.0 Å². The molecule has 3 heterocycles. The molecule has 1 spiro atoms. The normalized spacial score (nSPS) is 32.9. The van der Waals surface area contributed by atoms with E-state index in [2.05, 4.69) is 17.2 Å². The number of carbonyl (C=O) groups excluding carboxylic acids is 3. The van der Waals surface area contributed by atoms with Crippen molar-refractivity contribution < 1.29 is 19.1 Å². The summed E-state index contributed by atoms with van der Waals surface area (Å²) in [4.78, 5) is 41.6. The van der Waals surface area contributed by atoms with Gasteiger partial charge in [0.25, 0.3) is 0 Å². The van der Waals surface area contributed by atoms with E-state index in [0.29, 0.717) is 6.54 Å². The first-order valence-corrected chi connectivity index (χ1v) is 11.5. The van der Waals surface area contributed by atoms with Gasteiger partial charge in [0.15, 0.2) is 0 Å². The second-order valence-electron chi connectivity index (χ2n) is 9.17. The van der Waals surface area contributed by atoms with Crippen molar-refractivity contribution in [2.24, 2.45) is 11.8 Å². The molecule has 5 rings (SSSR count). The van der Waals surface area contributed by atoms with Crippen LogP contribution < -0.4 is 10.6 Å². The maximum Gasteiger partial charge on any atom is 0.246 e. The van der Waals surface area contributed by atoms with E-state index in [1.54, 1.807) is 6.08 Å². The van der Waals surface area contributed by atoms with Gasteiger partial charge in [-0.3, -0.25) is 14.4 Å². The molecule has 7 nitrogen and oxygen atoms in total. The number of ether oxygens (including phenoxy) is 1. The molecule has 5 atom stereocenters. The van der Waals surface area contributed by atoms with Crippen LogP contribution in [0.4, 0.5) is 0 Å². The standard InChI is InChI=1S/C25H29N3O4/c1-2-14-28-21(23(30)27-17-10-6-7-11-17)25-13-12-18(32-25)19(20(25)24(28)31)22(29)26-15-16-8-4-3-5-9-16/h2-5,8-9,12-13,17-21H,1,6-7,10-11,14-15H2,(H,26,29)(H,27,30)/t18-,19+,20-,21+,25+/m1/s1. The number of hydrogen-bond acceptors (Lipinski definition) is 4. The number of benzene rings is 1. The molecule has 32 heavy (non-hydrogen) atoms. The molecule has 3 amide bonds. The fraction of sp³-hybridized carbons (Fsp3) is 0.480. The van der Waals surface area contributed by atoms with Crippen molar-refractivity contribution in [3.63, 3.8) is 0 Å². The quantitative estimate of drug-likeness (QED) is 0.638. The first-order valence-electron chi connectivity index (χ1n) is 11.5. The molecule has 2 N–H and O–H groups in total. The summed E-state index contributed by atoms with van der Waals surface area (Å²) in [5.74, 6) is -2.02. The number of nitrogens with one attached hydrogen (secondary N) is 2. The van der Waals surface area contributed by atoms with Gasteiger partial charge >= 0.3 is 0 Å². The molecule has 4 aliphatic rings. The highest BCUT2D eigenvalue weighted by Crippen LogP contribution is 2.55. The van der Waals surface area contributed by atoms with Crippen molar-refractivity contribution in [2.75, 3.05) is 6.54 Å². The van der Waals surface area contributed by atoms with E-state index < -0.39 is 29.6 Å². The van der Waals surface area contributed by atoms with Gasteiger partial charge in [0, 0.05) is 19.1 Å². The minimum absolute atomic E-state index is 0.131. The van der Waals surface area contributed by atoms with E-state index in [0.717, 1.165) is 31.2 Å². The van der Waals surface area contributed by atoms with Gasteiger partial charge < -0.3 is 20.3 Å². The summed E-state index contributed by atoms with van der Waals surface area (Å²) in [7, 11) is 0. The van der Waals surface area contributed by atoms with Gasteiger partial charge in [0.2, 0.25) is 17.7 Å². The molecule has 2 saturated heterocycles. The molecule has 0 unspecified atom stereocenters. The molecule has 0 radical (unpaired) electrons. The molecule has 168 valence electrons. The van der Waals surface area contributed by atoms with Crippen molar-refractivity contribution in [1.29, 1.82) is 0 Å². The molecule has 1 aliphatic carbocycles. The lowest BCUT2D eigenvalue weighted by atomic mass is 9.74. The fourth-order valence-corrected chi connectivity index (χ4v) is 5.86. The van der Waals surface area contributed by atoms with Crippen LogP contribution in [0.2, 0.25) is 0 Å². The predicted octanol–water partition coefficient (Wildman–Crippen LogP) is 1.70. The minimum Gasteiger partial charge on any atom is -0.359 e. The van der Waals surface area contributed by atoms with Gasteiger partial charge in [-0.1, -0.05) is 61.4 Å². The van der Waals surface area contributed by atoms with E-state index in [9.17, 15) is 14.4 Å². The highest BCUT2D eigenvalue weighted by atomic mass is 16.5. The molecule has 0 aromatic heterocycles. The van der Waals surface area contributed by atoms with Crippen LogP contribution in [0, 0.1) is 11.8 Å². The number of rotatable bonds is 7. The second kappa shape index (κ2) is 8.20. The molecule has 1 saturated carbocycles. The summed E-state index contributed by atoms with van der Waals surface area (Å²) in [6.45, 7) is 4.38. The van der Waals surface area contributed by atoms with Crippen LogP contribution in [-0.2, 0) is 25.7 Å². The Morgan fingerprint density at radius 2 is 1.94 bits per heavy atom. The Morgan fingerprint density at radius 1 is 1.19 bits per heavy atom. The zero-order chi connectivity index (χ0) is 22.3. The number of nitrogens with zero attached hydrogens (tertiary/aromatic N) is 1. The molecule has 1 aromatic rings.